The second-order valence-corrected chi connectivity index (χ2v) is 5.40. The summed E-state index contributed by atoms with van der Waals surface area (Å²) < 4.78 is 0. The average Bonchev–Trinajstić information content (AvgIpc) is 2.89. The lowest BCUT2D eigenvalue weighted by atomic mass is 9.76. The van der Waals surface area contributed by atoms with Crippen LogP contribution in [0.2, 0.25) is 0 Å². The minimum absolute atomic E-state index is 0.273. The molecule has 0 bridgehead atoms. The Morgan fingerprint density at radius 2 is 2.21 bits per heavy atom. The minimum Gasteiger partial charge on any atom is -0.323 e. The molecule has 1 heterocycles. The molecule has 2 rings (SSSR count). The average molecular weight is 209 g/mol. The maximum Gasteiger partial charge on any atom is 0.0446 e. The van der Waals surface area contributed by atoms with Crippen LogP contribution in [0, 0.1) is 5.41 Å². The van der Waals surface area contributed by atoms with Gasteiger partial charge in [0.1, 0.15) is 0 Å². The van der Waals surface area contributed by atoms with Crippen LogP contribution in [-0.2, 0) is 0 Å². The Morgan fingerprint density at radius 1 is 1.50 bits per heavy atom. The van der Waals surface area contributed by atoms with Gasteiger partial charge in [-0.1, -0.05) is 25.8 Å². The Balaban J connectivity index is 2.19. The molecule has 1 aliphatic carbocycles. The van der Waals surface area contributed by atoms with E-state index < -0.39 is 0 Å². The quantitative estimate of drug-likeness (QED) is 0.806. The van der Waals surface area contributed by atoms with Gasteiger partial charge in [0.25, 0.3) is 0 Å². The largest absolute Gasteiger partial charge is 0.323 e. The molecule has 1 saturated carbocycles. The summed E-state index contributed by atoms with van der Waals surface area (Å²) in [5.41, 5.74) is 6.81. The molecule has 1 unspecified atom stereocenters. The molecule has 1 aliphatic rings. The van der Waals surface area contributed by atoms with Gasteiger partial charge in [0, 0.05) is 10.9 Å². The number of nitrogens with two attached hydrogens (primary N) is 1. The highest BCUT2D eigenvalue weighted by atomic mass is 32.1. The molecular weight excluding hydrogens is 190 g/mol. The zero-order valence-corrected chi connectivity index (χ0v) is 9.65. The Hall–Kier alpha value is -0.340. The molecule has 0 aliphatic heterocycles. The fourth-order valence-electron chi connectivity index (χ4n) is 2.73. The summed E-state index contributed by atoms with van der Waals surface area (Å²) in [5, 5.41) is 2.13. The predicted molar refractivity (Wildman–Crippen MR) is 62.4 cm³/mol. The van der Waals surface area contributed by atoms with Gasteiger partial charge in [-0.2, -0.15) is 0 Å². The van der Waals surface area contributed by atoms with Crippen molar-refractivity contribution in [3.8, 4) is 0 Å². The Kier molecular flexibility index (Phi) is 2.93. The maximum atomic E-state index is 6.40. The van der Waals surface area contributed by atoms with E-state index in [-0.39, 0.29) is 6.04 Å². The van der Waals surface area contributed by atoms with Crippen molar-refractivity contribution in [2.45, 2.75) is 45.1 Å². The van der Waals surface area contributed by atoms with Crippen LogP contribution in [0.15, 0.2) is 17.5 Å². The topological polar surface area (TPSA) is 26.0 Å². The summed E-state index contributed by atoms with van der Waals surface area (Å²) in [6.45, 7) is 2.29. The number of hydrogen-bond donors (Lipinski definition) is 1. The van der Waals surface area contributed by atoms with E-state index in [2.05, 4.69) is 24.4 Å². The second kappa shape index (κ2) is 4.03. The highest BCUT2D eigenvalue weighted by Crippen LogP contribution is 2.49. The molecule has 0 radical (unpaired) electrons. The van der Waals surface area contributed by atoms with Crippen LogP contribution in [0.3, 0.4) is 0 Å². The van der Waals surface area contributed by atoms with E-state index in [1.54, 1.807) is 11.3 Å². The summed E-state index contributed by atoms with van der Waals surface area (Å²) in [6.07, 6.45) is 6.61. The van der Waals surface area contributed by atoms with Crippen molar-refractivity contribution in [1.82, 2.24) is 0 Å². The molecule has 78 valence electrons. The van der Waals surface area contributed by atoms with E-state index in [0.29, 0.717) is 5.41 Å². The van der Waals surface area contributed by atoms with Gasteiger partial charge in [-0.25, -0.2) is 0 Å². The number of rotatable bonds is 3. The number of hydrogen-bond acceptors (Lipinski definition) is 2. The molecule has 1 nitrogen and oxygen atoms in total. The standard InChI is InChI=1S/C12H19NS/c1-2-12(7-3-4-8-12)11(13)10-6-5-9-14-10/h5-6,9,11H,2-4,7-8,13H2,1H3. The van der Waals surface area contributed by atoms with Crippen molar-refractivity contribution in [1.29, 1.82) is 0 Å². The van der Waals surface area contributed by atoms with Crippen molar-refractivity contribution < 1.29 is 0 Å². The maximum absolute atomic E-state index is 6.40. The SMILES string of the molecule is CCC1(C(N)c2cccs2)CCCC1. The van der Waals surface area contributed by atoms with E-state index in [0.717, 1.165) is 0 Å². The minimum atomic E-state index is 0.273. The van der Waals surface area contributed by atoms with Gasteiger partial charge < -0.3 is 5.73 Å². The van der Waals surface area contributed by atoms with Gasteiger partial charge in [-0.15, -0.1) is 11.3 Å². The highest BCUT2D eigenvalue weighted by molar-refractivity contribution is 7.10. The van der Waals surface area contributed by atoms with Crippen molar-refractivity contribution in [2.24, 2.45) is 11.1 Å². The summed E-state index contributed by atoms with van der Waals surface area (Å²) in [6, 6.07) is 4.57. The van der Waals surface area contributed by atoms with Gasteiger partial charge in [0.05, 0.1) is 0 Å². The van der Waals surface area contributed by atoms with Gasteiger partial charge in [0.15, 0.2) is 0 Å². The molecule has 1 aromatic rings. The van der Waals surface area contributed by atoms with E-state index >= 15 is 0 Å². The predicted octanol–water partition coefficient (Wildman–Crippen LogP) is 3.72. The second-order valence-electron chi connectivity index (χ2n) is 4.42. The molecule has 2 N–H and O–H groups in total. The van der Waals surface area contributed by atoms with E-state index in [1.807, 2.05) is 0 Å². The van der Waals surface area contributed by atoms with Crippen molar-refractivity contribution in [3.05, 3.63) is 22.4 Å². The van der Waals surface area contributed by atoms with Crippen molar-refractivity contribution in [3.63, 3.8) is 0 Å². The molecule has 1 fully saturated rings. The molecule has 0 amide bonds. The van der Waals surface area contributed by atoms with Crippen LogP contribution in [0.5, 0.6) is 0 Å². The van der Waals surface area contributed by atoms with Gasteiger partial charge >= 0.3 is 0 Å². The molecule has 1 atom stereocenters. The third kappa shape index (κ3) is 1.61. The highest BCUT2D eigenvalue weighted by Gasteiger charge is 2.38. The van der Waals surface area contributed by atoms with Crippen molar-refractivity contribution >= 4 is 11.3 Å². The third-order valence-corrected chi connectivity index (χ3v) is 4.77. The first-order valence-electron chi connectivity index (χ1n) is 5.57. The molecule has 0 saturated heterocycles. The zero-order valence-electron chi connectivity index (χ0n) is 8.83. The zero-order chi connectivity index (χ0) is 10.0. The molecule has 14 heavy (non-hydrogen) atoms. The van der Waals surface area contributed by atoms with Crippen LogP contribution in [0.25, 0.3) is 0 Å². The third-order valence-electron chi connectivity index (χ3n) is 3.81. The van der Waals surface area contributed by atoms with Crippen LogP contribution in [0.4, 0.5) is 0 Å². The van der Waals surface area contributed by atoms with Gasteiger partial charge in [0.2, 0.25) is 0 Å². The lowest BCUT2D eigenvalue weighted by Crippen LogP contribution is -2.30. The lowest BCUT2D eigenvalue weighted by Gasteiger charge is -2.33. The first-order chi connectivity index (χ1) is 6.78. The monoisotopic (exact) mass is 209 g/mol. The molecule has 1 aromatic heterocycles. The fourth-order valence-corrected chi connectivity index (χ4v) is 3.60. The van der Waals surface area contributed by atoms with Crippen LogP contribution in [0.1, 0.15) is 49.9 Å². The van der Waals surface area contributed by atoms with E-state index in [4.69, 9.17) is 5.73 Å². The first kappa shape index (κ1) is 10.2. The summed E-state index contributed by atoms with van der Waals surface area (Å²) in [4.78, 5) is 1.37. The molecule has 0 aromatic carbocycles. The summed E-state index contributed by atoms with van der Waals surface area (Å²) in [7, 11) is 0. The first-order valence-corrected chi connectivity index (χ1v) is 6.45. The van der Waals surface area contributed by atoms with Gasteiger partial charge in [-0.3, -0.25) is 0 Å². The summed E-state index contributed by atoms with van der Waals surface area (Å²) in [5.74, 6) is 0. The normalized spacial score (nSPS) is 22.4. The van der Waals surface area contributed by atoms with Gasteiger partial charge in [-0.05, 0) is 36.1 Å². The molecule has 0 spiro atoms. The van der Waals surface area contributed by atoms with Crippen LogP contribution < -0.4 is 5.73 Å². The lowest BCUT2D eigenvalue weighted by molar-refractivity contribution is 0.225. The molecular formula is C12H19NS. The smallest absolute Gasteiger partial charge is 0.0446 e. The molecule has 2 heteroatoms. The Bertz CT molecular complexity index is 273. The van der Waals surface area contributed by atoms with Crippen molar-refractivity contribution in [2.75, 3.05) is 0 Å². The fraction of sp³-hybridized carbons (Fsp3) is 0.667. The van der Waals surface area contributed by atoms with Crippen LogP contribution >= 0.6 is 11.3 Å². The Labute approximate surface area is 90.3 Å². The van der Waals surface area contributed by atoms with E-state index in [9.17, 15) is 0 Å². The summed E-state index contributed by atoms with van der Waals surface area (Å²) >= 11 is 1.81. The van der Waals surface area contributed by atoms with Crippen LogP contribution in [-0.4, -0.2) is 0 Å². The number of thiophene rings is 1. The Morgan fingerprint density at radius 3 is 2.71 bits per heavy atom. The van der Waals surface area contributed by atoms with E-state index in [1.165, 1.54) is 37.0 Å².